The summed E-state index contributed by atoms with van der Waals surface area (Å²) in [6, 6.07) is 20.1. The molecule has 1 fully saturated rings. The van der Waals surface area contributed by atoms with Crippen LogP contribution in [0.15, 0.2) is 70.6 Å². The second-order valence-electron chi connectivity index (χ2n) is 6.80. The third-order valence-electron chi connectivity index (χ3n) is 4.98. The minimum absolute atomic E-state index is 0.179. The molecule has 1 amide bonds. The average Bonchev–Trinajstić information content (AvgIpc) is 2.81. The Labute approximate surface area is 183 Å². The molecule has 30 heavy (non-hydrogen) atoms. The Kier molecular flexibility index (Phi) is 6.13. The summed E-state index contributed by atoms with van der Waals surface area (Å²) >= 11 is 2.69. The molecule has 2 aromatic carbocycles. The van der Waals surface area contributed by atoms with E-state index in [2.05, 4.69) is 6.07 Å². The lowest BCUT2D eigenvalue weighted by atomic mass is 9.96. The lowest BCUT2D eigenvalue weighted by molar-refractivity contribution is -0.154. The SMILES string of the molecule is N#CCSC1=C(C(=O)OC(c2ccccc2)c2ccccc2)N2C(=O)C(N)C2CS1. The molecule has 2 atom stereocenters. The molecule has 0 bridgehead atoms. The van der Waals surface area contributed by atoms with Crippen LogP contribution in [0.25, 0.3) is 0 Å². The van der Waals surface area contributed by atoms with Crippen molar-refractivity contribution in [3.63, 3.8) is 0 Å². The van der Waals surface area contributed by atoms with Gasteiger partial charge < -0.3 is 10.5 Å². The summed E-state index contributed by atoms with van der Waals surface area (Å²) in [7, 11) is 0. The van der Waals surface area contributed by atoms with Gasteiger partial charge in [-0.25, -0.2) is 4.79 Å². The predicted molar refractivity (Wildman–Crippen MR) is 117 cm³/mol. The predicted octanol–water partition coefficient (Wildman–Crippen LogP) is 3.03. The number of carbonyl (C=O) groups excluding carboxylic acids is 2. The van der Waals surface area contributed by atoms with Crippen LogP contribution in [0.4, 0.5) is 0 Å². The van der Waals surface area contributed by atoms with E-state index in [9.17, 15) is 9.59 Å². The third-order valence-corrected chi connectivity index (χ3v) is 7.38. The van der Waals surface area contributed by atoms with Crippen LogP contribution in [0.5, 0.6) is 0 Å². The number of nitrogens with zero attached hydrogens (tertiary/aromatic N) is 2. The van der Waals surface area contributed by atoms with Crippen LogP contribution >= 0.6 is 23.5 Å². The molecule has 2 N–H and O–H groups in total. The number of ether oxygens (including phenoxy) is 1. The molecule has 0 spiro atoms. The van der Waals surface area contributed by atoms with Crippen molar-refractivity contribution in [2.24, 2.45) is 5.73 Å². The first kappa shape index (κ1) is 20.5. The average molecular weight is 438 g/mol. The van der Waals surface area contributed by atoms with E-state index in [0.717, 1.165) is 11.1 Å². The van der Waals surface area contributed by atoms with Crippen LogP contribution in [0.3, 0.4) is 0 Å². The van der Waals surface area contributed by atoms with Crippen molar-refractivity contribution in [1.82, 2.24) is 4.90 Å². The third kappa shape index (κ3) is 3.84. The number of nitriles is 1. The maximum absolute atomic E-state index is 13.3. The molecule has 4 rings (SSSR count). The largest absolute Gasteiger partial charge is 0.448 e. The maximum Gasteiger partial charge on any atom is 0.357 e. The van der Waals surface area contributed by atoms with E-state index in [1.54, 1.807) is 0 Å². The number of amides is 1. The van der Waals surface area contributed by atoms with Gasteiger partial charge in [-0.1, -0.05) is 60.7 Å². The highest BCUT2D eigenvalue weighted by Crippen LogP contribution is 2.44. The molecule has 1 saturated heterocycles. The standard InChI is InChI=1S/C22H19N3O3S2/c23-11-12-29-22-18(25-16(13-30-22)17(24)20(25)26)21(27)28-19(14-7-3-1-4-8-14)15-9-5-2-6-10-15/h1-10,16-17,19H,12-13,24H2. The van der Waals surface area contributed by atoms with Crippen LogP contribution in [0.2, 0.25) is 0 Å². The van der Waals surface area contributed by atoms with Gasteiger partial charge >= 0.3 is 5.97 Å². The van der Waals surface area contributed by atoms with E-state index >= 15 is 0 Å². The van der Waals surface area contributed by atoms with Gasteiger partial charge in [0.15, 0.2) is 11.8 Å². The Morgan fingerprint density at radius 1 is 1.20 bits per heavy atom. The molecule has 2 aromatic rings. The molecule has 0 aliphatic carbocycles. The molecule has 0 aromatic heterocycles. The van der Waals surface area contributed by atoms with Crippen molar-refractivity contribution in [2.75, 3.05) is 11.5 Å². The molecule has 2 unspecified atom stereocenters. The molecule has 152 valence electrons. The molecule has 2 aliphatic rings. The minimum Gasteiger partial charge on any atom is -0.448 e. The van der Waals surface area contributed by atoms with E-state index in [4.69, 9.17) is 15.7 Å². The Bertz CT molecular complexity index is 981. The van der Waals surface area contributed by atoms with Crippen LogP contribution < -0.4 is 5.73 Å². The number of esters is 1. The number of β-lactam (4-membered cyclic amide) rings is 1. The summed E-state index contributed by atoms with van der Waals surface area (Å²) in [6.45, 7) is 0. The molecule has 0 radical (unpaired) electrons. The van der Waals surface area contributed by atoms with Crippen molar-refractivity contribution >= 4 is 35.4 Å². The van der Waals surface area contributed by atoms with Crippen LogP contribution in [0.1, 0.15) is 17.2 Å². The van der Waals surface area contributed by atoms with Crippen molar-refractivity contribution in [3.8, 4) is 6.07 Å². The number of benzene rings is 2. The summed E-state index contributed by atoms with van der Waals surface area (Å²) in [5.41, 5.74) is 7.78. The van der Waals surface area contributed by atoms with Gasteiger partial charge in [0.25, 0.3) is 0 Å². The zero-order valence-corrected chi connectivity index (χ0v) is 17.6. The minimum atomic E-state index is -0.620. The normalized spacial score (nSPS) is 20.4. The molecule has 6 nitrogen and oxygen atoms in total. The van der Waals surface area contributed by atoms with Crippen molar-refractivity contribution in [3.05, 3.63) is 81.7 Å². The zero-order valence-electron chi connectivity index (χ0n) is 15.9. The summed E-state index contributed by atoms with van der Waals surface area (Å²) in [6.07, 6.45) is -0.620. The van der Waals surface area contributed by atoms with Gasteiger partial charge in [0.2, 0.25) is 5.91 Å². The lowest BCUT2D eigenvalue weighted by Crippen LogP contribution is -2.70. The number of rotatable bonds is 6. The zero-order chi connectivity index (χ0) is 21.1. The topological polar surface area (TPSA) is 96.4 Å². The summed E-state index contributed by atoms with van der Waals surface area (Å²) in [5, 5.41) is 8.97. The highest BCUT2D eigenvalue weighted by atomic mass is 32.2. The lowest BCUT2D eigenvalue weighted by Gasteiger charge is -2.48. The number of hydrogen-bond donors (Lipinski definition) is 1. The quantitative estimate of drug-likeness (QED) is 0.548. The summed E-state index contributed by atoms with van der Waals surface area (Å²) in [5.74, 6) is -0.111. The summed E-state index contributed by atoms with van der Waals surface area (Å²) in [4.78, 5) is 27.2. The van der Waals surface area contributed by atoms with E-state index in [0.29, 0.717) is 9.99 Å². The van der Waals surface area contributed by atoms with E-state index in [1.165, 1.54) is 28.4 Å². The number of carbonyl (C=O) groups is 2. The number of hydrogen-bond acceptors (Lipinski definition) is 7. The van der Waals surface area contributed by atoms with Gasteiger partial charge in [0.05, 0.1) is 22.1 Å². The van der Waals surface area contributed by atoms with Gasteiger partial charge in [-0.3, -0.25) is 9.69 Å². The van der Waals surface area contributed by atoms with Crippen molar-refractivity contribution < 1.29 is 14.3 Å². The molecule has 2 heterocycles. The molecule has 8 heteroatoms. The Morgan fingerprint density at radius 3 is 2.37 bits per heavy atom. The number of fused-ring (bicyclic) bond motifs is 1. The van der Waals surface area contributed by atoms with Crippen LogP contribution in [-0.4, -0.2) is 40.4 Å². The van der Waals surface area contributed by atoms with Gasteiger partial charge in [-0.05, 0) is 11.1 Å². The van der Waals surface area contributed by atoms with Gasteiger partial charge in [-0.2, -0.15) is 5.26 Å². The fourth-order valence-corrected chi connectivity index (χ4v) is 5.71. The number of nitrogens with two attached hydrogens (primary N) is 1. The molecule has 0 saturated carbocycles. The molecular weight excluding hydrogens is 418 g/mol. The first-order valence-electron chi connectivity index (χ1n) is 9.38. The van der Waals surface area contributed by atoms with Crippen LogP contribution in [0, 0.1) is 11.3 Å². The van der Waals surface area contributed by atoms with Gasteiger partial charge in [0.1, 0.15) is 6.04 Å². The fraction of sp³-hybridized carbons (Fsp3) is 0.227. The Hall–Kier alpha value is -2.73. The van der Waals surface area contributed by atoms with Crippen molar-refractivity contribution in [2.45, 2.75) is 18.2 Å². The first-order chi connectivity index (χ1) is 14.6. The van der Waals surface area contributed by atoms with E-state index in [-0.39, 0.29) is 23.4 Å². The monoisotopic (exact) mass is 437 g/mol. The fourth-order valence-electron chi connectivity index (χ4n) is 3.49. The summed E-state index contributed by atoms with van der Waals surface area (Å²) < 4.78 is 6.59. The van der Waals surface area contributed by atoms with Gasteiger partial charge in [-0.15, -0.1) is 23.5 Å². The number of thioether (sulfide) groups is 2. The smallest absolute Gasteiger partial charge is 0.357 e. The maximum atomic E-state index is 13.3. The Balaban J connectivity index is 1.68. The highest BCUT2D eigenvalue weighted by molar-refractivity contribution is 8.22. The van der Waals surface area contributed by atoms with E-state index in [1.807, 2.05) is 60.7 Å². The van der Waals surface area contributed by atoms with Crippen LogP contribution in [-0.2, 0) is 14.3 Å². The van der Waals surface area contributed by atoms with Crippen molar-refractivity contribution in [1.29, 1.82) is 5.26 Å². The Morgan fingerprint density at radius 2 is 1.80 bits per heavy atom. The molecule has 2 aliphatic heterocycles. The molecular formula is C22H19N3O3S2. The second kappa shape index (κ2) is 8.96. The van der Waals surface area contributed by atoms with E-state index < -0.39 is 18.1 Å². The first-order valence-corrected chi connectivity index (χ1v) is 11.3. The van der Waals surface area contributed by atoms with Gasteiger partial charge in [0, 0.05) is 5.75 Å². The highest BCUT2D eigenvalue weighted by Gasteiger charge is 2.52. The second-order valence-corrected chi connectivity index (χ2v) is 9.08.